The van der Waals surface area contributed by atoms with Gasteiger partial charge in [-0.05, 0) is 33.3 Å². The molecule has 1 atom stereocenters. The molecule has 0 unspecified atom stereocenters. The van der Waals surface area contributed by atoms with E-state index in [0.717, 1.165) is 0 Å². The lowest BCUT2D eigenvalue weighted by Gasteiger charge is -2.36. The average Bonchev–Trinajstić information content (AvgIpc) is 2.33. The van der Waals surface area contributed by atoms with E-state index < -0.39 is 5.79 Å². The van der Waals surface area contributed by atoms with Gasteiger partial charge >= 0.3 is 0 Å². The largest absolute Gasteiger partial charge is 0.349 e. The molecule has 3 heteroatoms. The number of rotatable bonds is 3. The predicted octanol–water partition coefficient (Wildman–Crippen LogP) is 2.80. The maximum atomic E-state index is 5.65. The van der Waals surface area contributed by atoms with Crippen LogP contribution in [0.4, 0.5) is 0 Å². The van der Waals surface area contributed by atoms with Gasteiger partial charge in [-0.25, -0.2) is 0 Å². The minimum atomic E-state index is -0.439. The van der Waals surface area contributed by atoms with Gasteiger partial charge in [-0.15, -0.1) is 0 Å². The van der Waals surface area contributed by atoms with E-state index in [1.165, 1.54) is 11.1 Å². The highest BCUT2D eigenvalue weighted by Crippen LogP contribution is 2.19. The SMILES string of the molecule is Cc1ccc([C@@H](C)NC2COC(C)(C)OC2)cc1. The molecule has 0 spiro atoms. The number of hydrogen-bond acceptors (Lipinski definition) is 3. The molecule has 0 aromatic heterocycles. The molecule has 0 saturated carbocycles. The Labute approximate surface area is 109 Å². The number of ether oxygens (including phenoxy) is 2. The Morgan fingerprint density at radius 2 is 1.72 bits per heavy atom. The fourth-order valence-corrected chi connectivity index (χ4v) is 2.09. The highest BCUT2D eigenvalue weighted by atomic mass is 16.7. The second kappa shape index (κ2) is 5.39. The number of benzene rings is 1. The Bertz CT molecular complexity index is 376. The first kappa shape index (κ1) is 13.5. The van der Waals surface area contributed by atoms with Crippen LogP contribution in [0.5, 0.6) is 0 Å². The van der Waals surface area contributed by atoms with Crippen LogP contribution in [0.3, 0.4) is 0 Å². The molecule has 1 aliphatic rings. The highest BCUT2D eigenvalue weighted by molar-refractivity contribution is 5.23. The van der Waals surface area contributed by atoms with Gasteiger partial charge in [-0.2, -0.15) is 0 Å². The van der Waals surface area contributed by atoms with Crippen LogP contribution in [-0.2, 0) is 9.47 Å². The van der Waals surface area contributed by atoms with Crippen molar-refractivity contribution in [2.24, 2.45) is 0 Å². The summed E-state index contributed by atoms with van der Waals surface area (Å²) in [6, 6.07) is 9.19. The summed E-state index contributed by atoms with van der Waals surface area (Å²) >= 11 is 0. The van der Waals surface area contributed by atoms with Gasteiger partial charge in [0.05, 0.1) is 19.3 Å². The van der Waals surface area contributed by atoms with Crippen molar-refractivity contribution in [3.05, 3.63) is 35.4 Å². The molecule has 0 radical (unpaired) electrons. The second-order valence-electron chi connectivity index (χ2n) is 5.52. The zero-order chi connectivity index (χ0) is 13.2. The van der Waals surface area contributed by atoms with Gasteiger partial charge in [0.25, 0.3) is 0 Å². The lowest BCUT2D eigenvalue weighted by molar-refractivity contribution is -0.253. The molecule has 1 N–H and O–H groups in total. The topological polar surface area (TPSA) is 30.5 Å². The highest BCUT2D eigenvalue weighted by Gasteiger charge is 2.28. The van der Waals surface area contributed by atoms with Crippen LogP contribution < -0.4 is 5.32 Å². The van der Waals surface area contributed by atoms with Crippen LogP contribution in [0.25, 0.3) is 0 Å². The second-order valence-corrected chi connectivity index (χ2v) is 5.52. The Kier molecular flexibility index (Phi) is 4.05. The summed E-state index contributed by atoms with van der Waals surface area (Å²) in [6.07, 6.45) is 0. The number of nitrogens with one attached hydrogen (secondary N) is 1. The van der Waals surface area contributed by atoms with Crippen molar-refractivity contribution in [3.63, 3.8) is 0 Å². The average molecular weight is 249 g/mol. The molecule has 1 aromatic rings. The van der Waals surface area contributed by atoms with E-state index in [-0.39, 0.29) is 6.04 Å². The summed E-state index contributed by atoms with van der Waals surface area (Å²) in [5, 5.41) is 3.54. The fraction of sp³-hybridized carbons (Fsp3) is 0.600. The van der Waals surface area contributed by atoms with E-state index in [9.17, 15) is 0 Å². The molecule has 2 rings (SSSR count). The minimum Gasteiger partial charge on any atom is -0.349 e. The van der Waals surface area contributed by atoms with Gasteiger partial charge < -0.3 is 14.8 Å². The molecule has 1 saturated heterocycles. The Hall–Kier alpha value is -0.900. The maximum Gasteiger partial charge on any atom is 0.162 e. The standard InChI is InChI=1S/C15H23NO2/c1-11-5-7-13(8-6-11)12(2)16-14-9-17-15(3,4)18-10-14/h5-8,12,14,16H,9-10H2,1-4H3/t12-/m1/s1. The Morgan fingerprint density at radius 3 is 2.28 bits per heavy atom. The van der Waals surface area contributed by atoms with Crippen LogP contribution in [-0.4, -0.2) is 25.0 Å². The minimum absolute atomic E-state index is 0.259. The van der Waals surface area contributed by atoms with E-state index in [2.05, 4.69) is 43.4 Å². The Morgan fingerprint density at radius 1 is 1.17 bits per heavy atom. The first-order chi connectivity index (χ1) is 8.46. The van der Waals surface area contributed by atoms with Crippen LogP contribution in [0.2, 0.25) is 0 Å². The van der Waals surface area contributed by atoms with Gasteiger partial charge in [-0.1, -0.05) is 29.8 Å². The van der Waals surface area contributed by atoms with Gasteiger partial charge in [0.1, 0.15) is 0 Å². The molecule has 0 amide bonds. The van der Waals surface area contributed by atoms with Gasteiger partial charge in [0.15, 0.2) is 5.79 Å². The lowest BCUT2D eigenvalue weighted by Crippen LogP contribution is -2.49. The van der Waals surface area contributed by atoms with E-state index in [1.807, 2.05) is 13.8 Å². The first-order valence-electron chi connectivity index (χ1n) is 6.57. The molecule has 18 heavy (non-hydrogen) atoms. The Balaban J connectivity index is 1.88. The number of aryl methyl sites for hydroxylation is 1. The zero-order valence-corrected chi connectivity index (χ0v) is 11.7. The fourth-order valence-electron chi connectivity index (χ4n) is 2.09. The van der Waals surface area contributed by atoms with Crippen LogP contribution in [0.15, 0.2) is 24.3 Å². The van der Waals surface area contributed by atoms with E-state index in [1.54, 1.807) is 0 Å². The molecule has 3 nitrogen and oxygen atoms in total. The monoisotopic (exact) mass is 249 g/mol. The van der Waals surface area contributed by atoms with Crippen molar-refractivity contribution in [2.45, 2.75) is 45.6 Å². The third-order valence-electron chi connectivity index (χ3n) is 3.33. The summed E-state index contributed by atoms with van der Waals surface area (Å²) in [5.74, 6) is -0.439. The van der Waals surface area contributed by atoms with Crippen molar-refractivity contribution in [1.29, 1.82) is 0 Å². The lowest BCUT2D eigenvalue weighted by atomic mass is 10.1. The summed E-state index contributed by atoms with van der Waals surface area (Å²) in [5.41, 5.74) is 2.59. The maximum absolute atomic E-state index is 5.65. The van der Waals surface area contributed by atoms with Crippen LogP contribution in [0, 0.1) is 6.92 Å². The molecule has 1 fully saturated rings. The molecule has 1 heterocycles. The van der Waals surface area contributed by atoms with Crippen molar-refractivity contribution in [3.8, 4) is 0 Å². The van der Waals surface area contributed by atoms with Crippen LogP contribution >= 0.6 is 0 Å². The van der Waals surface area contributed by atoms with Gasteiger partial charge in [0, 0.05) is 6.04 Å². The van der Waals surface area contributed by atoms with Gasteiger partial charge in [-0.3, -0.25) is 0 Å². The molecule has 1 aromatic carbocycles. The number of hydrogen-bond donors (Lipinski definition) is 1. The zero-order valence-electron chi connectivity index (χ0n) is 11.7. The smallest absolute Gasteiger partial charge is 0.162 e. The molecule has 1 aliphatic heterocycles. The molecular formula is C15H23NO2. The normalized spacial score (nSPS) is 21.8. The third kappa shape index (κ3) is 3.55. The first-order valence-corrected chi connectivity index (χ1v) is 6.57. The summed E-state index contributed by atoms with van der Waals surface area (Å²) < 4.78 is 11.3. The van der Waals surface area contributed by atoms with E-state index >= 15 is 0 Å². The quantitative estimate of drug-likeness (QED) is 0.893. The molecule has 0 aliphatic carbocycles. The van der Waals surface area contributed by atoms with Crippen molar-refractivity contribution < 1.29 is 9.47 Å². The molecular weight excluding hydrogens is 226 g/mol. The summed E-state index contributed by atoms with van der Waals surface area (Å²) in [4.78, 5) is 0. The van der Waals surface area contributed by atoms with E-state index in [4.69, 9.17) is 9.47 Å². The molecule has 0 bridgehead atoms. The summed E-state index contributed by atoms with van der Waals surface area (Å²) in [6.45, 7) is 9.57. The van der Waals surface area contributed by atoms with Crippen molar-refractivity contribution in [1.82, 2.24) is 5.32 Å². The van der Waals surface area contributed by atoms with Gasteiger partial charge in [0.2, 0.25) is 0 Å². The van der Waals surface area contributed by atoms with Crippen molar-refractivity contribution >= 4 is 0 Å². The van der Waals surface area contributed by atoms with Crippen LogP contribution in [0.1, 0.15) is 37.9 Å². The molecule has 100 valence electrons. The van der Waals surface area contributed by atoms with E-state index in [0.29, 0.717) is 19.3 Å². The summed E-state index contributed by atoms with van der Waals surface area (Å²) in [7, 11) is 0. The third-order valence-corrected chi connectivity index (χ3v) is 3.33. The predicted molar refractivity (Wildman–Crippen MR) is 72.5 cm³/mol. The van der Waals surface area contributed by atoms with Crippen molar-refractivity contribution in [2.75, 3.05) is 13.2 Å².